The van der Waals surface area contributed by atoms with Crippen molar-refractivity contribution in [3.63, 3.8) is 0 Å². The highest BCUT2D eigenvalue weighted by Crippen LogP contribution is 2.21. The van der Waals surface area contributed by atoms with Gasteiger partial charge in [-0.05, 0) is 51.8 Å². The van der Waals surface area contributed by atoms with Crippen molar-refractivity contribution in [1.82, 2.24) is 0 Å². The van der Waals surface area contributed by atoms with Crippen LogP contribution in [0.5, 0.6) is 0 Å². The first-order valence-electron chi connectivity index (χ1n) is 5.64. The number of benzene rings is 2. The van der Waals surface area contributed by atoms with E-state index in [0.717, 1.165) is 20.2 Å². The third-order valence-corrected chi connectivity index (χ3v) is 3.59. The Bertz CT molecular complexity index is 623. The van der Waals surface area contributed by atoms with E-state index in [1.807, 2.05) is 48.5 Å². The fourth-order valence-electron chi connectivity index (χ4n) is 1.52. The molecule has 0 bridgehead atoms. The number of hydrogen-bond acceptors (Lipinski definition) is 1. The van der Waals surface area contributed by atoms with Crippen LogP contribution in [0.3, 0.4) is 0 Å². The number of nitrogens with one attached hydrogen (secondary N) is 1. The standard InChI is InChI=1S/C15H11Br2NO/c16-12-5-3-4-11(10-12)8-9-15(19)18-14-7-2-1-6-13(14)17/h1-10H,(H,18,19)/b9-8+. The molecule has 0 aliphatic carbocycles. The normalized spacial score (nSPS) is 10.6. The Morgan fingerprint density at radius 3 is 2.58 bits per heavy atom. The van der Waals surface area contributed by atoms with Gasteiger partial charge in [-0.15, -0.1) is 0 Å². The van der Waals surface area contributed by atoms with E-state index in [4.69, 9.17) is 0 Å². The average Bonchev–Trinajstić information content (AvgIpc) is 2.39. The highest BCUT2D eigenvalue weighted by Gasteiger charge is 2.01. The van der Waals surface area contributed by atoms with Gasteiger partial charge in [-0.1, -0.05) is 40.2 Å². The summed E-state index contributed by atoms with van der Waals surface area (Å²) in [7, 11) is 0. The lowest BCUT2D eigenvalue weighted by molar-refractivity contribution is -0.111. The molecule has 0 saturated heterocycles. The van der Waals surface area contributed by atoms with Crippen LogP contribution in [-0.2, 0) is 4.79 Å². The van der Waals surface area contributed by atoms with Gasteiger partial charge in [0.2, 0.25) is 5.91 Å². The van der Waals surface area contributed by atoms with Crippen LogP contribution in [0.1, 0.15) is 5.56 Å². The molecule has 0 spiro atoms. The minimum atomic E-state index is -0.160. The maximum absolute atomic E-state index is 11.8. The number of rotatable bonds is 3. The molecular weight excluding hydrogens is 370 g/mol. The van der Waals surface area contributed by atoms with Gasteiger partial charge in [0, 0.05) is 15.0 Å². The fourth-order valence-corrected chi connectivity index (χ4v) is 2.32. The zero-order valence-corrected chi connectivity index (χ0v) is 13.1. The van der Waals surface area contributed by atoms with Gasteiger partial charge in [0.1, 0.15) is 0 Å². The number of anilines is 1. The van der Waals surface area contributed by atoms with E-state index in [1.165, 1.54) is 6.08 Å². The van der Waals surface area contributed by atoms with Gasteiger partial charge in [0.25, 0.3) is 0 Å². The molecular formula is C15H11Br2NO. The SMILES string of the molecule is O=C(/C=C/c1cccc(Br)c1)Nc1ccccc1Br. The molecule has 96 valence electrons. The van der Waals surface area contributed by atoms with E-state index in [0.29, 0.717) is 0 Å². The number of carbonyl (C=O) groups excluding carboxylic acids is 1. The second-order valence-electron chi connectivity index (χ2n) is 3.86. The molecule has 0 saturated carbocycles. The first-order valence-corrected chi connectivity index (χ1v) is 7.23. The highest BCUT2D eigenvalue weighted by atomic mass is 79.9. The second kappa shape index (κ2) is 6.68. The summed E-state index contributed by atoms with van der Waals surface area (Å²) in [5.74, 6) is -0.160. The van der Waals surface area contributed by atoms with Crippen LogP contribution in [0, 0.1) is 0 Å². The molecule has 1 amide bonds. The van der Waals surface area contributed by atoms with Gasteiger partial charge < -0.3 is 5.32 Å². The summed E-state index contributed by atoms with van der Waals surface area (Å²) >= 11 is 6.78. The molecule has 0 aromatic heterocycles. The van der Waals surface area contributed by atoms with Crippen molar-refractivity contribution in [1.29, 1.82) is 0 Å². The molecule has 0 atom stereocenters. The largest absolute Gasteiger partial charge is 0.321 e. The molecule has 0 fully saturated rings. The van der Waals surface area contributed by atoms with E-state index in [-0.39, 0.29) is 5.91 Å². The van der Waals surface area contributed by atoms with Gasteiger partial charge in [0.05, 0.1) is 5.69 Å². The topological polar surface area (TPSA) is 29.1 Å². The second-order valence-corrected chi connectivity index (χ2v) is 5.63. The molecule has 0 heterocycles. The summed E-state index contributed by atoms with van der Waals surface area (Å²) in [6.07, 6.45) is 3.29. The number of para-hydroxylation sites is 1. The first-order chi connectivity index (χ1) is 9.15. The molecule has 19 heavy (non-hydrogen) atoms. The minimum Gasteiger partial charge on any atom is -0.321 e. The molecule has 2 rings (SSSR count). The zero-order chi connectivity index (χ0) is 13.7. The van der Waals surface area contributed by atoms with Crippen molar-refractivity contribution < 1.29 is 4.79 Å². The van der Waals surface area contributed by atoms with E-state index in [9.17, 15) is 4.79 Å². The van der Waals surface area contributed by atoms with E-state index >= 15 is 0 Å². The average molecular weight is 381 g/mol. The minimum absolute atomic E-state index is 0.160. The Balaban J connectivity index is 2.04. The van der Waals surface area contributed by atoms with Crippen molar-refractivity contribution in [2.75, 3.05) is 5.32 Å². The Hall–Kier alpha value is -1.39. The Labute approximate surface area is 128 Å². The molecule has 4 heteroatoms. The Morgan fingerprint density at radius 1 is 1.05 bits per heavy atom. The summed E-state index contributed by atoms with van der Waals surface area (Å²) in [5, 5.41) is 2.81. The third kappa shape index (κ3) is 4.33. The van der Waals surface area contributed by atoms with Gasteiger partial charge in [-0.2, -0.15) is 0 Å². The molecule has 0 aliphatic rings. The third-order valence-electron chi connectivity index (χ3n) is 2.41. The smallest absolute Gasteiger partial charge is 0.248 e. The van der Waals surface area contributed by atoms with E-state index < -0.39 is 0 Å². The zero-order valence-electron chi connectivity index (χ0n) is 9.94. The summed E-state index contributed by atoms with van der Waals surface area (Å²) in [6.45, 7) is 0. The predicted octanol–water partition coefficient (Wildman–Crippen LogP) is 4.86. The maximum Gasteiger partial charge on any atom is 0.248 e. The van der Waals surface area contributed by atoms with Crippen LogP contribution >= 0.6 is 31.9 Å². The lowest BCUT2D eigenvalue weighted by atomic mass is 10.2. The first kappa shape index (κ1) is 14.0. The number of halogens is 2. The van der Waals surface area contributed by atoms with Crippen molar-refractivity contribution in [3.05, 3.63) is 69.1 Å². The molecule has 0 unspecified atom stereocenters. The van der Waals surface area contributed by atoms with E-state index in [2.05, 4.69) is 37.2 Å². The highest BCUT2D eigenvalue weighted by molar-refractivity contribution is 9.10. The van der Waals surface area contributed by atoms with Gasteiger partial charge in [0.15, 0.2) is 0 Å². The quantitative estimate of drug-likeness (QED) is 0.756. The molecule has 1 N–H and O–H groups in total. The summed E-state index contributed by atoms with van der Waals surface area (Å²) in [4.78, 5) is 11.8. The van der Waals surface area contributed by atoms with Crippen LogP contribution in [-0.4, -0.2) is 5.91 Å². The molecule has 0 aliphatic heterocycles. The van der Waals surface area contributed by atoms with Crippen molar-refractivity contribution >= 4 is 49.5 Å². The monoisotopic (exact) mass is 379 g/mol. The Morgan fingerprint density at radius 2 is 1.84 bits per heavy atom. The van der Waals surface area contributed by atoms with Crippen LogP contribution < -0.4 is 5.32 Å². The van der Waals surface area contributed by atoms with Gasteiger partial charge in [-0.3, -0.25) is 4.79 Å². The summed E-state index contributed by atoms with van der Waals surface area (Å²) in [5.41, 5.74) is 1.73. The number of hydrogen-bond donors (Lipinski definition) is 1. The summed E-state index contributed by atoms with van der Waals surface area (Å²) in [6, 6.07) is 15.3. The molecule has 0 radical (unpaired) electrons. The van der Waals surface area contributed by atoms with Crippen molar-refractivity contribution in [2.24, 2.45) is 0 Å². The molecule has 2 nitrogen and oxygen atoms in total. The molecule has 2 aromatic carbocycles. The Kier molecular flexibility index (Phi) is 4.93. The molecule has 2 aromatic rings. The van der Waals surface area contributed by atoms with Gasteiger partial charge in [-0.25, -0.2) is 0 Å². The number of carbonyl (C=O) groups is 1. The van der Waals surface area contributed by atoms with Crippen LogP contribution in [0.2, 0.25) is 0 Å². The maximum atomic E-state index is 11.8. The predicted molar refractivity (Wildman–Crippen MR) is 85.9 cm³/mol. The van der Waals surface area contributed by atoms with Gasteiger partial charge >= 0.3 is 0 Å². The van der Waals surface area contributed by atoms with E-state index in [1.54, 1.807) is 6.08 Å². The number of amides is 1. The lowest BCUT2D eigenvalue weighted by Gasteiger charge is -2.04. The van der Waals surface area contributed by atoms with Crippen LogP contribution in [0.25, 0.3) is 6.08 Å². The van der Waals surface area contributed by atoms with Crippen molar-refractivity contribution in [2.45, 2.75) is 0 Å². The van der Waals surface area contributed by atoms with Crippen LogP contribution in [0.4, 0.5) is 5.69 Å². The van der Waals surface area contributed by atoms with Crippen molar-refractivity contribution in [3.8, 4) is 0 Å². The van der Waals surface area contributed by atoms with Crippen LogP contribution in [0.15, 0.2) is 63.6 Å². The summed E-state index contributed by atoms with van der Waals surface area (Å²) < 4.78 is 1.85. The fraction of sp³-hybridized carbons (Fsp3) is 0. The lowest BCUT2D eigenvalue weighted by Crippen LogP contribution is -2.07.